The molecule has 92 valence electrons. The minimum absolute atomic E-state index is 0.0358. The minimum Gasteiger partial charge on any atom is -0.479 e. The van der Waals surface area contributed by atoms with Crippen LogP contribution in [0.5, 0.6) is 0 Å². The van der Waals surface area contributed by atoms with Crippen molar-refractivity contribution in [1.82, 2.24) is 5.32 Å². The van der Waals surface area contributed by atoms with Gasteiger partial charge in [0.1, 0.15) is 6.42 Å². The Balaban J connectivity index is 2.63. The fraction of sp³-hybridized carbons (Fsp3) is 0.750. The Labute approximate surface area is 88.6 Å². The van der Waals surface area contributed by atoms with E-state index < -0.39 is 30.0 Å². The number of carbonyl (C=O) groups is 2. The fourth-order valence-corrected chi connectivity index (χ4v) is 1.38. The first kappa shape index (κ1) is 12.8. The molecule has 8 heteroatoms. The molecule has 1 unspecified atom stereocenters. The maximum Gasteiger partial charge on any atom is 0.397 e. The monoisotopic (exact) mass is 241 g/mol. The quantitative estimate of drug-likeness (QED) is 0.745. The van der Waals surface area contributed by atoms with Crippen molar-refractivity contribution in [1.29, 1.82) is 0 Å². The second-order valence-corrected chi connectivity index (χ2v) is 3.53. The van der Waals surface area contributed by atoms with E-state index in [0.29, 0.717) is 0 Å². The van der Waals surface area contributed by atoms with Crippen molar-refractivity contribution < 1.29 is 32.6 Å². The Morgan fingerprint density at radius 3 is 2.44 bits per heavy atom. The lowest BCUT2D eigenvalue weighted by molar-refractivity contribution is -0.159. The topological polar surface area (TPSA) is 75.6 Å². The third kappa shape index (κ3) is 3.09. The summed E-state index contributed by atoms with van der Waals surface area (Å²) >= 11 is 0. The molecule has 0 aromatic heterocycles. The molecule has 0 aliphatic carbocycles. The van der Waals surface area contributed by atoms with E-state index in [1.54, 1.807) is 0 Å². The van der Waals surface area contributed by atoms with Crippen LogP contribution in [0.4, 0.5) is 13.2 Å². The molecule has 1 rings (SSSR count). The molecule has 0 aromatic rings. The summed E-state index contributed by atoms with van der Waals surface area (Å²) in [5.41, 5.74) is -1.72. The smallest absolute Gasteiger partial charge is 0.397 e. The number of rotatable bonds is 3. The lowest BCUT2D eigenvalue weighted by Crippen LogP contribution is -2.55. The second kappa shape index (κ2) is 4.28. The van der Waals surface area contributed by atoms with Crippen LogP contribution in [-0.2, 0) is 14.3 Å². The molecular weight excluding hydrogens is 231 g/mol. The van der Waals surface area contributed by atoms with E-state index in [9.17, 15) is 22.8 Å². The molecule has 0 radical (unpaired) electrons. The average Bonchev–Trinajstić information content (AvgIpc) is 2.49. The normalized spacial score (nSPS) is 25.4. The summed E-state index contributed by atoms with van der Waals surface area (Å²) in [6, 6.07) is 0. The molecule has 2 N–H and O–H groups in total. The molecule has 1 atom stereocenters. The maximum absolute atomic E-state index is 11.9. The molecule has 1 aliphatic rings. The van der Waals surface area contributed by atoms with Gasteiger partial charge in [0.05, 0.1) is 6.61 Å². The van der Waals surface area contributed by atoms with Crippen LogP contribution in [-0.4, -0.2) is 41.9 Å². The number of halogens is 3. The highest BCUT2D eigenvalue weighted by molar-refractivity contribution is 5.87. The van der Waals surface area contributed by atoms with Crippen LogP contribution in [0.25, 0.3) is 0 Å². The highest BCUT2D eigenvalue weighted by atomic mass is 19.4. The summed E-state index contributed by atoms with van der Waals surface area (Å²) in [6.45, 7) is -0.218. The zero-order valence-corrected chi connectivity index (χ0v) is 8.13. The summed E-state index contributed by atoms with van der Waals surface area (Å²) in [4.78, 5) is 21.8. The van der Waals surface area contributed by atoms with Gasteiger partial charge in [0.15, 0.2) is 5.54 Å². The van der Waals surface area contributed by atoms with Crippen LogP contribution in [0.15, 0.2) is 0 Å². The first-order valence-electron chi connectivity index (χ1n) is 4.44. The Morgan fingerprint density at radius 1 is 1.44 bits per heavy atom. The molecule has 0 spiro atoms. The van der Waals surface area contributed by atoms with Crippen molar-refractivity contribution in [3.8, 4) is 0 Å². The van der Waals surface area contributed by atoms with E-state index in [2.05, 4.69) is 0 Å². The number of carboxylic acids is 1. The van der Waals surface area contributed by atoms with Crippen molar-refractivity contribution in [2.24, 2.45) is 0 Å². The van der Waals surface area contributed by atoms with Gasteiger partial charge in [-0.15, -0.1) is 0 Å². The van der Waals surface area contributed by atoms with Gasteiger partial charge in [0.2, 0.25) is 5.91 Å². The van der Waals surface area contributed by atoms with Crippen LogP contribution >= 0.6 is 0 Å². The largest absolute Gasteiger partial charge is 0.479 e. The third-order valence-corrected chi connectivity index (χ3v) is 2.17. The average molecular weight is 241 g/mol. The number of hydrogen-bond donors (Lipinski definition) is 2. The van der Waals surface area contributed by atoms with E-state index >= 15 is 0 Å². The van der Waals surface area contributed by atoms with Gasteiger partial charge < -0.3 is 15.2 Å². The van der Waals surface area contributed by atoms with E-state index in [1.807, 2.05) is 5.32 Å². The van der Waals surface area contributed by atoms with Crippen molar-refractivity contribution in [2.45, 2.75) is 24.6 Å². The fourth-order valence-electron chi connectivity index (χ4n) is 1.38. The van der Waals surface area contributed by atoms with Crippen molar-refractivity contribution >= 4 is 11.9 Å². The number of nitrogens with one attached hydrogen (secondary N) is 1. The molecule has 0 saturated carbocycles. The van der Waals surface area contributed by atoms with E-state index in [0.717, 1.165) is 0 Å². The number of hydrogen-bond acceptors (Lipinski definition) is 3. The molecular formula is C8H10F3NO4. The number of aliphatic carboxylic acids is 1. The molecule has 1 amide bonds. The van der Waals surface area contributed by atoms with Crippen molar-refractivity contribution in [3.05, 3.63) is 0 Å². The Morgan fingerprint density at radius 2 is 2.06 bits per heavy atom. The number of ether oxygens (including phenoxy) is 1. The third-order valence-electron chi connectivity index (χ3n) is 2.17. The van der Waals surface area contributed by atoms with Gasteiger partial charge in [-0.3, -0.25) is 4.79 Å². The lowest BCUT2D eigenvalue weighted by atomic mass is 9.99. The van der Waals surface area contributed by atoms with Gasteiger partial charge in [-0.25, -0.2) is 4.79 Å². The molecule has 0 bridgehead atoms. The number of carbonyl (C=O) groups excluding carboxylic acids is 1. The first-order chi connectivity index (χ1) is 7.25. The molecule has 16 heavy (non-hydrogen) atoms. The molecule has 1 saturated heterocycles. The van der Waals surface area contributed by atoms with Gasteiger partial charge in [0, 0.05) is 13.0 Å². The van der Waals surface area contributed by atoms with Crippen LogP contribution in [0.2, 0.25) is 0 Å². The summed E-state index contributed by atoms with van der Waals surface area (Å²) in [5.74, 6) is -2.75. The molecule has 5 nitrogen and oxygen atoms in total. The standard InChI is InChI=1S/C8H10F3NO4/c9-8(10,11)3-5(13)12-7(6(14)15)1-2-16-4-7/h1-4H2,(H,12,13)(H,14,15). The van der Waals surface area contributed by atoms with Gasteiger partial charge in [-0.05, 0) is 0 Å². The predicted molar refractivity (Wildman–Crippen MR) is 44.6 cm³/mol. The first-order valence-corrected chi connectivity index (χ1v) is 4.44. The number of carboxylic acid groups (broad SMARTS) is 1. The van der Waals surface area contributed by atoms with E-state index in [-0.39, 0.29) is 19.6 Å². The predicted octanol–water partition coefficient (Wildman–Crippen LogP) is 0.299. The van der Waals surface area contributed by atoms with Gasteiger partial charge in [-0.2, -0.15) is 13.2 Å². The van der Waals surface area contributed by atoms with E-state index in [4.69, 9.17) is 9.84 Å². The molecule has 1 fully saturated rings. The SMILES string of the molecule is O=C(CC(F)(F)F)NC1(C(=O)O)CCOC1. The minimum atomic E-state index is -4.65. The summed E-state index contributed by atoms with van der Waals surface area (Å²) in [7, 11) is 0. The van der Waals surface area contributed by atoms with Gasteiger partial charge >= 0.3 is 12.1 Å². The highest BCUT2D eigenvalue weighted by Gasteiger charge is 2.45. The number of alkyl halides is 3. The van der Waals surface area contributed by atoms with Crippen LogP contribution in [0.3, 0.4) is 0 Å². The zero-order chi connectivity index (χ0) is 12.4. The Bertz CT molecular complexity index is 296. The Hall–Kier alpha value is -1.31. The van der Waals surface area contributed by atoms with Crippen LogP contribution in [0, 0.1) is 0 Å². The van der Waals surface area contributed by atoms with Crippen molar-refractivity contribution in [3.63, 3.8) is 0 Å². The van der Waals surface area contributed by atoms with E-state index in [1.165, 1.54) is 0 Å². The summed E-state index contributed by atoms with van der Waals surface area (Å²) in [5, 5.41) is 10.7. The van der Waals surface area contributed by atoms with Crippen LogP contribution < -0.4 is 5.32 Å². The zero-order valence-electron chi connectivity index (χ0n) is 8.13. The molecule has 1 heterocycles. The van der Waals surface area contributed by atoms with Crippen molar-refractivity contribution in [2.75, 3.05) is 13.2 Å². The lowest BCUT2D eigenvalue weighted by Gasteiger charge is -2.23. The summed E-state index contributed by atoms with van der Waals surface area (Å²) in [6.07, 6.45) is -6.38. The Kier molecular flexibility index (Phi) is 3.41. The van der Waals surface area contributed by atoms with Gasteiger partial charge in [-0.1, -0.05) is 0 Å². The molecule has 0 aromatic carbocycles. The maximum atomic E-state index is 11.9. The summed E-state index contributed by atoms with van der Waals surface area (Å²) < 4.78 is 40.4. The van der Waals surface area contributed by atoms with Gasteiger partial charge in [0.25, 0.3) is 0 Å². The highest BCUT2D eigenvalue weighted by Crippen LogP contribution is 2.22. The number of amides is 1. The molecule has 1 aliphatic heterocycles. The second-order valence-electron chi connectivity index (χ2n) is 3.53. The van der Waals surface area contributed by atoms with Crippen LogP contribution in [0.1, 0.15) is 12.8 Å².